The van der Waals surface area contributed by atoms with Crippen molar-refractivity contribution in [3.63, 3.8) is 0 Å². The Bertz CT molecular complexity index is 850. The van der Waals surface area contributed by atoms with E-state index in [9.17, 15) is 12.8 Å². The summed E-state index contributed by atoms with van der Waals surface area (Å²) < 4.78 is 40.7. The van der Waals surface area contributed by atoms with E-state index >= 15 is 0 Å². The summed E-state index contributed by atoms with van der Waals surface area (Å²) >= 11 is 8.94. The molecule has 0 aromatic heterocycles. The summed E-state index contributed by atoms with van der Waals surface area (Å²) in [6.07, 6.45) is 0. The van der Waals surface area contributed by atoms with Crippen molar-refractivity contribution in [2.24, 2.45) is 0 Å². The molecule has 0 atom stereocenters. The smallest absolute Gasteiger partial charge is 0.264 e. The number of rotatable bonds is 3. The van der Waals surface area contributed by atoms with Gasteiger partial charge in [-0.2, -0.15) is 5.26 Å². The number of halogens is 3. The van der Waals surface area contributed by atoms with Crippen LogP contribution in [0.15, 0.2) is 45.8 Å². The van der Waals surface area contributed by atoms with Crippen LogP contribution in [0.2, 0.25) is 5.02 Å². The van der Waals surface area contributed by atoms with Crippen molar-refractivity contribution in [1.82, 2.24) is 0 Å². The van der Waals surface area contributed by atoms with Crippen LogP contribution in [0.3, 0.4) is 0 Å². The third-order valence-corrected chi connectivity index (χ3v) is 4.73. The van der Waals surface area contributed by atoms with Gasteiger partial charge in [0.05, 0.1) is 22.3 Å². The molecule has 1 N–H and O–H groups in total. The third kappa shape index (κ3) is 3.53. The molecule has 0 heterocycles. The Hall–Kier alpha value is -1.62. The molecule has 2 aromatic carbocycles. The summed E-state index contributed by atoms with van der Waals surface area (Å²) in [7, 11) is -4.12. The average molecular weight is 390 g/mol. The van der Waals surface area contributed by atoms with Gasteiger partial charge in [0.25, 0.3) is 10.0 Å². The summed E-state index contributed by atoms with van der Waals surface area (Å²) in [5, 5.41) is 8.78. The molecule has 0 unspecified atom stereocenters. The van der Waals surface area contributed by atoms with Gasteiger partial charge in [-0.15, -0.1) is 0 Å². The number of sulfonamides is 1. The lowest BCUT2D eigenvalue weighted by molar-refractivity contribution is 0.570. The van der Waals surface area contributed by atoms with Gasteiger partial charge in [-0.05, 0) is 36.4 Å². The molecule has 2 rings (SSSR count). The van der Waals surface area contributed by atoms with Crippen molar-refractivity contribution in [3.8, 4) is 6.07 Å². The molecule has 0 spiro atoms. The molecule has 0 fully saturated rings. The van der Waals surface area contributed by atoms with E-state index in [1.807, 2.05) is 6.07 Å². The molecule has 0 bridgehead atoms. The highest BCUT2D eigenvalue weighted by molar-refractivity contribution is 9.10. The van der Waals surface area contributed by atoms with Gasteiger partial charge in [0.2, 0.25) is 0 Å². The van der Waals surface area contributed by atoms with Crippen molar-refractivity contribution in [2.45, 2.75) is 4.90 Å². The topological polar surface area (TPSA) is 70.0 Å². The fourth-order valence-electron chi connectivity index (χ4n) is 1.56. The predicted octanol–water partition coefficient (Wildman–Crippen LogP) is 3.91. The minimum Gasteiger partial charge on any atom is -0.278 e. The quantitative estimate of drug-likeness (QED) is 0.865. The lowest BCUT2D eigenvalue weighted by Crippen LogP contribution is -2.15. The van der Waals surface area contributed by atoms with Crippen molar-refractivity contribution in [1.29, 1.82) is 5.26 Å². The molecule has 108 valence electrons. The normalized spacial score (nSPS) is 11.0. The minimum atomic E-state index is -4.12. The maximum absolute atomic E-state index is 13.7. The molecule has 0 aliphatic rings. The van der Waals surface area contributed by atoms with Crippen LogP contribution in [-0.2, 0) is 10.0 Å². The van der Waals surface area contributed by atoms with Crippen LogP contribution in [0.1, 0.15) is 5.56 Å². The lowest BCUT2D eigenvalue weighted by Gasteiger charge is -2.10. The first-order valence-electron chi connectivity index (χ1n) is 5.51. The number of anilines is 1. The number of hydrogen-bond donors (Lipinski definition) is 1. The van der Waals surface area contributed by atoms with E-state index in [2.05, 4.69) is 20.7 Å². The summed E-state index contributed by atoms with van der Waals surface area (Å²) in [6.45, 7) is 0. The first-order valence-corrected chi connectivity index (χ1v) is 8.16. The van der Waals surface area contributed by atoms with Crippen LogP contribution in [0, 0.1) is 17.1 Å². The molecule has 21 heavy (non-hydrogen) atoms. The SMILES string of the molecule is N#Cc1ccc(NS(=O)(=O)c2ccc(Br)cc2F)c(Cl)c1. The monoisotopic (exact) mass is 388 g/mol. The second-order valence-corrected chi connectivity index (χ2v) is 6.96. The number of benzene rings is 2. The Balaban J connectivity index is 2.40. The number of nitriles is 1. The zero-order chi connectivity index (χ0) is 15.6. The van der Waals surface area contributed by atoms with Gasteiger partial charge in [-0.25, -0.2) is 12.8 Å². The fraction of sp³-hybridized carbons (Fsp3) is 0. The van der Waals surface area contributed by atoms with Crippen LogP contribution in [0.4, 0.5) is 10.1 Å². The highest BCUT2D eigenvalue weighted by atomic mass is 79.9. The van der Waals surface area contributed by atoms with Gasteiger partial charge >= 0.3 is 0 Å². The number of nitrogens with one attached hydrogen (secondary N) is 1. The van der Waals surface area contributed by atoms with E-state index in [1.165, 1.54) is 24.3 Å². The van der Waals surface area contributed by atoms with Gasteiger partial charge in [-0.1, -0.05) is 27.5 Å². The van der Waals surface area contributed by atoms with Gasteiger partial charge < -0.3 is 0 Å². The second kappa shape index (κ2) is 6.02. The van der Waals surface area contributed by atoms with Crippen LogP contribution in [0.25, 0.3) is 0 Å². The lowest BCUT2D eigenvalue weighted by atomic mass is 10.2. The summed E-state index contributed by atoms with van der Waals surface area (Å²) in [5.41, 5.74) is 0.357. The van der Waals surface area contributed by atoms with Crippen LogP contribution in [-0.4, -0.2) is 8.42 Å². The Morgan fingerprint density at radius 3 is 2.52 bits per heavy atom. The molecule has 0 aliphatic heterocycles. The Kier molecular flexibility index (Phi) is 4.52. The van der Waals surface area contributed by atoms with Crippen molar-refractivity contribution in [3.05, 3.63) is 57.3 Å². The zero-order valence-corrected chi connectivity index (χ0v) is 13.4. The van der Waals surface area contributed by atoms with E-state index in [0.29, 0.717) is 4.47 Å². The van der Waals surface area contributed by atoms with Gasteiger partial charge in [0, 0.05) is 4.47 Å². The van der Waals surface area contributed by atoms with E-state index in [1.54, 1.807) is 0 Å². The predicted molar refractivity (Wildman–Crippen MR) is 81.1 cm³/mol. The highest BCUT2D eigenvalue weighted by Gasteiger charge is 2.20. The molecule has 0 amide bonds. The minimum absolute atomic E-state index is 0.0511. The Labute approximate surface area is 134 Å². The molecule has 4 nitrogen and oxygen atoms in total. The van der Waals surface area contributed by atoms with Crippen molar-refractivity contribution in [2.75, 3.05) is 4.72 Å². The Morgan fingerprint density at radius 2 is 1.95 bits per heavy atom. The van der Waals surface area contributed by atoms with E-state index in [-0.39, 0.29) is 16.3 Å². The second-order valence-electron chi connectivity index (χ2n) is 3.99. The zero-order valence-electron chi connectivity index (χ0n) is 10.3. The molecule has 0 aliphatic carbocycles. The highest BCUT2D eigenvalue weighted by Crippen LogP contribution is 2.27. The first kappa shape index (κ1) is 15.8. The number of nitrogens with zero attached hydrogens (tertiary/aromatic N) is 1. The molecular formula is C13H7BrClFN2O2S. The molecule has 0 saturated carbocycles. The Morgan fingerprint density at radius 1 is 1.24 bits per heavy atom. The van der Waals surface area contributed by atoms with Gasteiger partial charge in [0.15, 0.2) is 0 Å². The summed E-state index contributed by atoms with van der Waals surface area (Å²) in [6, 6.07) is 9.55. The third-order valence-electron chi connectivity index (χ3n) is 2.53. The van der Waals surface area contributed by atoms with Crippen molar-refractivity contribution >= 4 is 43.2 Å². The largest absolute Gasteiger partial charge is 0.278 e. The first-order chi connectivity index (χ1) is 9.83. The summed E-state index contributed by atoms with van der Waals surface area (Å²) in [5.74, 6) is -0.887. The molecular weight excluding hydrogens is 383 g/mol. The number of hydrogen-bond acceptors (Lipinski definition) is 3. The van der Waals surface area contributed by atoms with Crippen molar-refractivity contribution < 1.29 is 12.8 Å². The molecule has 8 heteroatoms. The molecule has 0 radical (unpaired) electrons. The van der Waals surface area contributed by atoms with E-state index in [4.69, 9.17) is 16.9 Å². The molecule has 0 saturated heterocycles. The maximum Gasteiger partial charge on any atom is 0.264 e. The standard InChI is InChI=1S/C13H7BrClFN2O2S/c14-9-2-4-13(11(16)6-9)21(19,20)18-12-3-1-8(7-17)5-10(12)15/h1-6,18H. The van der Waals surface area contributed by atoms with Gasteiger partial charge in [0.1, 0.15) is 10.7 Å². The fourth-order valence-corrected chi connectivity index (χ4v) is 3.32. The maximum atomic E-state index is 13.7. The van der Waals surface area contributed by atoms with E-state index in [0.717, 1.165) is 12.1 Å². The van der Waals surface area contributed by atoms with Crippen LogP contribution >= 0.6 is 27.5 Å². The van der Waals surface area contributed by atoms with Gasteiger partial charge in [-0.3, -0.25) is 4.72 Å². The molecule has 2 aromatic rings. The van der Waals surface area contributed by atoms with Crippen LogP contribution in [0.5, 0.6) is 0 Å². The van der Waals surface area contributed by atoms with Crippen LogP contribution < -0.4 is 4.72 Å². The average Bonchev–Trinajstić information content (AvgIpc) is 2.40. The van der Waals surface area contributed by atoms with E-state index < -0.39 is 20.7 Å². The summed E-state index contributed by atoms with van der Waals surface area (Å²) in [4.78, 5) is -0.494.